The Balaban J connectivity index is 1.60. The van der Waals surface area contributed by atoms with Crippen LogP contribution in [0, 0.1) is 0 Å². The first kappa shape index (κ1) is 42.9. The molecular formula is C36H33B3N2O14. The zero-order valence-electron chi connectivity index (χ0n) is 29.4. The molecule has 0 bridgehead atoms. The molecule has 0 aliphatic rings. The van der Waals surface area contributed by atoms with E-state index < -0.39 is 29.8 Å². The predicted octanol–water partition coefficient (Wildman–Crippen LogP) is 4.89. The Labute approximate surface area is 319 Å². The van der Waals surface area contributed by atoms with Crippen molar-refractivity contribution >= 4 is 83.3 Å². The number of carbonyl (C=O) groups excluding carboxylic acids is 6. The first-order chi connectivity index (χ1) is 26.3. The highest BCUT2D eigenvalue weighted by Crippen LogP contribution is 2.27. The van der Waals surface area contributed by atoms with Gasteiger partial charge in [-0.15, -0.1) is 0 Å². The topological polar surface area (TPSA) is 211 Å². The largest absolute Gasteiger partial charge is 0.507 e. The number of methoxy groups -OCH3 is 1. The smallest absolute Gasteiger partial charge is 0.411 e. The monoisotopic (exact) mass is 750 g/mol. The number of aromatic hydroxyl groups is 1. The van der Waals surface area contributed by atoms with Crippen LogP contribution in [0.5, 0.6) is 5.75 Å². The number of ether oxygens (including phenoxy) is 7. The molecule has 0 unspecified atom stereocenters. The summed E-state index contributed by atoms with van der Waals surface area (Å²) in [6.45, 7) is -1.11. The van der Waals surface area contributed by atoms with Crippen molar-refractivity contribution in [3.8, 4) is 5.75 Å². The van der Waals surface area contributed by atoms with Gasteiger partial charge in [0.1, 0.15) is 45.4 Å². The fraction of sp³-hybridized carbons (Fsp3) is 0.222. The summed E-state index contributed by atoms with van der Waals surface area (Å²) in [5, 5.41) is 16.1. The van der Waals surface area contributed by atoms with Gasteiger partial charge >= 0.3 is 12.2 Å². The molecule has 3 aromatic rings. The Morgan fingerprint density at radius 1 is 0.618 bits per heavy atom. The van der Waals surface area contributed by atoms with E-state index in [1.807, 2.05) is 0 Å². The maximum atomic E-state index is 12.6. The lowest BCUT2D eigenvalue weighted by molar-refractivity contribution is -0.127. The van der Waals surface area contributed by atoms with Gasteiger partial charge in [-0.2, -0.15) is 0 Å². The minimum absolute atomic E-state index is 0.128. The molecule has 0 aromatic heterocycles. The van der Waals surface area contributed by atoms with Gasteiger partial charge in [0.15, 0.2) is 0 Å². The Bertz CT molecular complexity index is 1860. The van der Waals surface area contributed by atoms with Crippen LogP contribution in [-0.4, -0.2) is 98.4 Å². The van der Waals surface area contributed by atoms with Crippen molar-refractivity contribution in [3.63, 3.8) is 0 Å². The Hall–Kier alpha value is -6.49. The van der Waals surface area contributed by atoms with E-state index in [-0.39, 0.29) is 69.6 Å². The maximum Gasteiger partial charge on any atom is 0.411 e. The van der Waals surface area contributed by atoms with E-state index in [0.717, 1.165) is 0 Å². The van der Waals surface area contributed by atoms with Crippen LogP contribution in [-0.2, 0) is 57.8 Å². The molecule has 19 heteroatoms. The van der Waals surface area contributed by atoms with E-state index in [1.54, 1.807) is 72.8 Å². The molecule has 3 N–H and O–H groups in total. The highest BCUT2D eigenvalue weighted by molar-refractivity contribution is 6.55. The third kappa shape index (κ3) is 16.4. The van der Waals surface area contributed by atoms with Gasteiger partial charge in [0, 0.05) is 40.8 Å². The molecule has 3 rings (SSSR count). The van der Waals surface area contributed by atoms with Gasteiger partial charge < -0.3 is 38.3 Å². The van der Waals surface area contributed by atoms with E-state index in [0.29, 0.717) is 39.2 Å². The molecule has 280 valence electrons. The molecule has 0 atom stereocenters. The number of nitrogens with one attached hydrogen (secondary N) is 2. The summed E-state index contributed by atoms with van der Waals surface area (Å²) in [5.74, 6) is -3.29. The summed E-state index contributed by atoms with van der Waals surface area (Å²) >= 11 is 0. The summed E-state index contributed by atoms with van der Waals surface area (Å²) in [6.07, 6.45) is 1.52. The fourth-order valence-corrected chi connectivity index (χ4v) is 4.58. The lowest BCUT2D eigenvalue weighted by Crippen LogP contribution is -2.15. The molecule has 0 fully saturated rings. The van der Waals surface area contributed by atoms with Crippen molar-refractivity contribution in [2.24, 2.45) is 0 Å². The molecule has 16 nitrogen and oxygen atoms in total. The van der Waals surface area contributed by atoms with Crippen LogP contribution in [0.25, 0.3) is 12.2 Å². The number of benzene rings is 3. The Kier molecular flexibility index (Phi) is 17.6. The molecule has 0 aliphatic heterocycles. The number of phenolic OH excluding ortho intramolecular Hbond substituents is 1. The predicted molar refractivity (Wildman–Crippen MR) is 199 cm³/mol. The van der Waals surface area contributed by atoms with E-state index in [4.69, 9.17) is 56.7 Å². The average molecular weight is 750 g/mol. The van der Waals surface area contributed by atoms with Crippen LogP contribution in [0.3, 0.4) is 0 Å². The third-order valence-electron chi connectivity index (χ3n) is 6.95. The second kappa shape index (κ2) is 22.6. The van der Waals surface area contributed by atoms with Crippen molar-refractivity contribution < 1.29 is 67.0 Å². The Morgan fingerprint density at radius 3 is 1.38 bits per heavy atom. The van der Waals surface area contributed by atoms with E-state index in [2.05, 4.69) is 10.6 Å². The fourth-order valence-electron chi connectivity index (χ4n) is 4.58. The number of hydrogen-bond acceptors (Lipinski definition) is 14. The highest BCUT2D eigenvalue weighted by atomic mass is 16.6. The molecule has 0 aliphatic carbocycles. The SMILES string of the molecule is [B]C(=O)OCC(=Cc1ccc(NC(=O)OCc2cc(COC)cc(COC(=O)Nc3ccc(/C=C(\COC=O)COC([B])=O)cc3)c2O)cc1)COC([B])=O. The molecule has 0 heterocycles. The minimum atomic E-state index is -1.02. The second-order valence-electron chi connectivity index (χ2n) is 11.2. The summed E-state index contributed by atoms with van der Waals surface area (Å²) in [5.41, 5.74) is 3.85. The molecule has 0 spiro atoms. The van der Waals surface area contributed by atoms with Crippen molar-refractivity contribution in [1.29, 1.82) is 0 Å². The van der Waals surface area contributed by atoms with Gasteiger partial charge in [-0.1, -0.05) is 24.3 Å². The zero-order valence-corrected chi connectivity index (χ0v) is 29.4. The standard InChI is InChI=1S/C36H33B3N2O14/c1-49-14-24-12-27(19-54-35(47)40-29-6-2-22(3-7-29)10-25(15-50-21-42)16-51-32(37)44)31(43)28(13-24)20-55-36(48)41-30-8-4-23(5-9-30)11-26(17-52-33(38)45)18-53-34(39)46/h2-13,21,43H,14-20H2,1H3,(H,40,47)(H,41,48)/b25-10+. The third-order valence-corrected chi connectivity index (χ3v) is 6.95. The first-order valence-corrected chi connectivity index (χ1v) is 16.0. The maximum absolute atomic E-state index is 12.6. The number of rotatable bonds is 19. The molecule has 0 saturated carbocycles. The van der Waals surface area contributed by atoms with Gasteiger partial charge in [-0.05, 0) is 65.2 Å². The van der Waals surface area contributed by atoms with Crippen molar-refractivity contribution in [2.75, 3.05) is 44.2 Å². The van der Waals surface area contributed by atoms with Crippen LogP contribution >= 0.6 is 0 Å². The summed E-state index contributed by atoms with van der Waals surface area (Å²) < 4.78 is 34.9. The molecule has 6 radical (unpaired) electrons. The minimum Gasteiger partial charge on any atom is -0.507 e. The van der Waals surface area contributed by atoms with Gasteiger partial charge in [-0.25, -0.2) is 9.59 Å². The van der Waals surface area contributed by atoms with E-state index in [9.17, 15) is 33.9 Å². The van der Waals surface area contributed by atoms with Crippen LogP contribution in [0.2, 0.25) is 0 Å². The highest BCUT2D eigenvalue weighted by Gasteiger charge is 2.15. The summed E-state index contributed by atoms with van der Waals surface area (Å²) in [6, 6.07) is 16.0. The molecule has 55 heavy (non-hydrogen) atoms. The van der Waals surface area contributed by atoms with Crippen LogP contribution < -0.4 is 10.6 Å². The summed E-state index contributed by atoms with van der Waals surface area (Å²) in [4.78, 5) is 68.7. The van der Waals surface area contributed by atoms with Crippen molar-refractivity contribution in [2.45, 2.75) is 19.8 Å². The van der Waals surface area contributed by atoms with Crippen molar-refractivity contribution in [1.82, 2.24) is 0 Å². The molecule has 2 amide bonds. The molecular weight excluding hydrogens is 717 g/mol. The number of anilines is 2. The van der Waals surface area contributed by atoms with Gasteiger partial charge in [0.05, 0.1) is 6.61 Å². The lowest BCUT2D eigenvalue weighted by atomic mass is 10.0. The first-order valence-electron chi connectivity index (χ1n) is 16.0. The quantitative estimate of drug-likeness (QED) is 0.0846. The number of hydrogen-bond donors (Lipinski definition) is 3. The van der Waals surface area contributed by atoms with Crippen molar-refractivity contribution in [3.05, 3.63) is 99.6 Å². The van der Waals surface area contributed by atoms with Crippen LogP contribution in [0.1, 0.15) is 27.8 Å². The normalized spacial score (nSPS) is 10.6. The van der Waals surface area contributed by atoms with Crippen LogP contribution in [0.4, 0.5) is 35.3 Å². The van der Waals surface area contributed by atoms with E-state index in [1.165, 1.54) is 7.11 Å². The number of carbonyl (C=O) groups is 6. The van der Waals surface area contributed by atoms with Gasteiger partial charge in [0.25, 0.3) is 6.47 Å². The molecule has 0 saturated heterocycles. The van der Waals surface area contributed by atoms with Crippen LogP contribution in [0.15, 0.2) is 71.8 Å². The lowest BCUT2D eigenvalue weighted by Gasteiger charge is -2.14. The number of amides is 2. The number of phenols is 1. The summed E-state index contributed by atoms with van der Waals surface area (Å²) in [7, 11) is 16.5. The average Bonchev–Trinajstić information content (AvgIpc) is 3.14. The van der Waals surface area contributed by atoms with Gasteiger partial charge in [0.2, 0.25) is 41.1 Å². The molecule has 3 aromatic carbocycles. The zero-order chi connectivity index (χ0) is 40.2. The van der Waals surface area contributed by atoms with Gasteiger partial charge in [-0.3, -0.25) is 29.8 Å². The Morgan fingerprint density at radius 2 is 1.02 bits per heavy atom. The second-order valence-corrected chi connectivity index (χ2v) is 11.2. The van der Waals surface area contributed by atoms with E-state index >= 15 is 0 Å².